The molecule has 0 saturated carbocycles. The van der Waals surface area contributed by atoms with Gasteiger partial charge >= 0.3 is 11.0 Å². The van der Waals surface area contributed by atoms with E-state index in [9.17, 15) is 9.59 Å². The van der Waals surface area contributed by atoms with Crippen LogP contribution in [0.25, 0.3) is 10.2 Å². The summed E-state index contributed by atoms with van der Waals surface area (Å²) in [6.07, 6.45) is 0.799. The summed E-state index contributed by atoms with van der Waals surface area (Å²) < 4.78 is 2.85. The predicted molar refractivity (Wildman–Crippen MR) is 78.4 cm³/mol. The van der Waals surface area contributed by atoms with Gasteiger partial charge in [0.25, 0.3) is 0 Å². The summed E-state index contributed by atoms with van der Waals surface area (Å²) in [4.78, 5) is 24.5. The van der Waals surface area contributed by atoms with E-state index in [0.717, 1.165) is 23.1 Å². The first-order valence-corrected chi connectivity index (χ1v) is 7.53. The number of nitrogens with zero attached hydrogens (tertiary/aromatic N) is 2. The van der Waals surface area contributed by atoms with Crippen LogP contribution in [0, 0.1) is 5.92 Å². The van der Waals surface area contributed by atoms with E-state index in [1.807, 2.05) is 28.8 Å². The molecule has 5 nitrogen and oxygen atoms in total. The van der Waals surface area contributed by atoms with Crippen molar-refractivity contribution in [3.63, 3.8) is 0 Å². The minimum Gasteiger partial charge on any atom is -0.465 e. The minimum absolute atomic E-state index is 0.0758. The average Bonchev–Trinajstić information content (AvgIpc) is 2.76. The molecule has 1 amide bonds. The molecular weight excluding hydrogens is 276 g/mol. The molecule has 0 aliphatic carbocycles. The van der Waals surface area contributed by atoms with E-state index in [-0.39, 0.29) is 4.87 Å². The molecule has 0 radical (unpaired) electrons. The van der Waals surface area contributed by atoms with Crippen LogP contribution in [0.3, 0.4) is 0 Å². The van der Waals surface area contributed by atoms with Crippen LogP contribution in [-0.2, 0) is 6.54 Å². The standard InChI is InChI=1S/C14H16N2O3S/c17-13(18)15-7-5-10(6-8-15)9-16-11-3-1-2-4-12(11)20-14(16)19/h1-4,10H,5-9H2,(H,17,18). The quantitative estimate of drug-likeness (QED) is 0.924. The number of hydrogen-bond donors (Lipinski definition) is 1. The van der Waals surface area contributed by atoms with Crippen LogP contribution in [-0.4, -0.2) is 33.8 Å². The second-order valence-electron chi connectivity index (χ2n) is 5.16. The van der Waals surface area contributed by atoms with Crippen molar-refractivity contribution in [2.75, 3.05) is 13.1 Å². The van der Waals surface area contributed by atoms with Gasteiger partial charge in [0, 0.05) is 19.6 Å². The fourth-order valence-corrected chi connectivity index (χ4v) is 3.65. The Balaban J connectivity index is 1.76. The summed E-state index contributed by atoms with van der Waals surface area (Å²) in [5.74, 6) is 0.376. The molecule has 1 aliphatic heterocycles. The largest absolute Gasteiger partial charge is 0.465 e. The Morgan fingerprint density at radius 1 is 1.30 bits per heavy atom. The summed E-state index contributed by atoms with van der Waals surface area (Å²) in [7, 11) is 0. The third kappa shape index (κ3) is 2.43. The van der Waals surface area contributed by atoms with Crippen LogP contribution in [0.15, 0.2) is 29.1 Å². The molecule has 0 bridgehead atoms. The van der Waals surface area contributed by atoms with Gasteiger partial charge in [0.15, 0.2) is 0 Å². The molecular formula is C14H16N2O3S. The lowest BCUT2D eigenvalue weighted by Crippen LogP contribution is -2.38. The maximum Gasteiger partial charge on any atom is 0.407 e. The molecule has 1 aliphatic rings. The van der Waals surface area contributed by atoms with Crippen LogP contribution < -0.4 is 4.87 Å². The summed E-state index contributed by atoms with van der Waals surface area (Å²) in [5.41, 5.74) is 0.989. The third-order valence-corrected chi connectivity index (χ3v) is 4.86. The number of carbonyl (C=O) groups is 1. The van der Waals surface area contributed by atoms with Gasteiger partial charge in [-0.15, -0.1) is 0 Å². The van der Waals surface area contributed by atoms with Gasteiger partial charge in [0.05, 0.1) is 10.2 Å². The number of amides is 1. The smallest absolute Gasteiger partial charge is 0.407 e. The van der Waals surface area contributed by atoms with Crippen LogP contribution in [0.2, 0.25) is 0 Å². The SMILES string of the molecule is O=C(O)N1CCC(Cn2c(=O)sc3ccccc32)CC1. The first-order valence-electron chi connectivity index (χ1n) is 6.71. The highest BCUT2D eigenvalue weighted by Crippen LogP contribution is 2.22. The van der Waals surface area contributed by atoms with E-state index in [0.29, 0.717) is 25.6 Å². The van der Waals surface area contributed by atoms with E-state index < -0.39 is 6.09 Å². The van der Waals surface area contributed by atoms with Crippen molar-refractivity contribution in [1.82, 2.24) is 9.47 Å². The molecule has 1 aromatic heterocycles. The molecule has 1 fully saturated rings. The van der Waals surface area contributed by atoms with Crippen LogP contribution in [0.4, 0.5) is 4.79 Å². The number of thiazole rings is 1. The minimum atomic E-state index is -0.846. The highest BCUT2D eigenvalue weighted by atomic mass is 32.1. The fourth-order valence-electron chi connectivity index (χ4n) is 2.75. The molecule has 6 heteroatoms. The van der Waals surface area contributed by atoms with E-state index in [1.165, 1.54) is 16.2 Å². The second kappa shape index (κ2) is 5.28. The maximum absolute atomic E-state index is 12.1. The number of benzene rings is 1. The number of para-hydroxylation sites is 1. The first-order chi connectivity index (χ1) is 9.65. The Labute approximate surface area is 120 Å². The van der Waals surface area contributed by atoms with E-state index in [4.69, 9.17) is 5.11 Å². The molecule has 1 aromatic carbocycles. The van der Waals surface area contributed by atoms with Crippen LogP contribution in [0.1, 0.15) is 12.8 Å². The zero-order chi connectivity index (χ0) is 14.1. The highest BCUT2D eigenvalue weighted by molar-refractivity contribution is 7.16. The summed E-state index contributed by atoms with van der Waals surface area (Å²) in [6.45, 7) is 1.82. The number of piperidine rings is 1. The van der Waals surface area contributed by atoms with Gasteiger partial charge in [0.1, 0.15) is 0 Å². The van der Waals surface area contributed by atoms with Gasteiger partial charge < -0.3 is 10.0 Å². The summed E-state index contributed by atoms with van der Waals surface area (Å²) in [5, 5.41) is 8.94. The zero-order valence-corrected chi connectivity index (χ0v) is 11.8. The number of carboxylic acid groups (broad SMARTS) is 1. The van der Waals surface area contributed by atoms with Gasteiger partial charge in [-0.05, 0) is 30.9 Å². The van der Waals surface area contributed by atoms with Crippen molar-refractivity contribution in [1.29, 1.82) is 0 Å². The normalized spacial score (nSPS) is 16.7. The Morgan fingerprint density at radius 2 is 2.00 bits per heavy atom. The highest BCUT2D eigenvalue weighted by Gasteiger charge is 2.23. The molecule has 2 heterocycles. The molecule has 3 rings (SSSR count). The van der Waals surface area contributed by atoms with Crippen molar-refractivity contribution >= 4 is 27.6 Å². The number of likely N-dealkylation sites (tertiary alicyclic amines) is 1. The molecule has 0 atom stereocenters. The van der Waals surface area contributed by atoms with Crippen molar-refractivity contribution in [2.45, 2.75) is 19.4 Å². The van der Waals surface area contributed by atoms with Crippen molar-refractivity contribution in [3.05, 3.63) is 33.9 Å². The van der Waals surface area contributed by atoms with Gasteiger partial charge in [-0.1, -0.05) is 23.5 Å². The van der Waals surface area contributed by atoms with E-state index in [1.54, 1.807) is 0 Å². The Bertz CT molecular complexity index is 683. The number of fused-ring (bicyclic) bond motifs is 1. The molecule has 106 valence electrons. The molecule has 2 aromatic rings. The maximum atomic E-state index is 12.1. The lowest BCUT2D eigenvalue weighted by Gasteiger charge is -2.30. The molecule has 1 saturated heterocycles. The predicted octanol–water partition coefficient (Wildman–Crippen LogP) is 2.45. The zero-order valence-electron chi connectivity index (χ0n) is 11.0. The third-order valence-electron chi connectivity index (χ3n) is 3.90. The van der Waals surface area contributed by atoms with Gasteiger partial charge in [-0.2, -0.15) is 0 Å². The molecule has 20 heavy (non-hydrogen) atoms. The average molecular weight is 292 g/mol. The summed E-state index contributed by atoms with van der Waals surface area (Å²) in [6, 6.07) is 7.82. The van der Waals surface area contributed by atoms with Crippen molar-refractivity contribution < 1.29 is 9.90 Å². The van der Waals surface area contributed by atoms with Gasteiger partial charge in [-0.3, -0.25) is 9.36 Å². The molecule has 0 spiro atoms. The molecule has 0 unspecified atom stereocenters. The van der Waals surface area contributed by atoms with Gasteiger partial charge in [0.2, 0.25) is 0 Å². The lowest BCUT2D eigenvalue weighted by atomic mass is 9.97. The van der Waals surface area contributed by atoms with Gasteiger partial charge in [-0.25, -0.2) is 4.79 Å². The Kier molecular flexibility index (Phi) is 3.48. The summed E-state index contributed by atoms with van der Waals surface area (Å²) >= 11 is 1.28. The second-order valence-corrected chi connectivity index (χ2v) is 6.15. The number of hydrogen-bond acceptors (Lipinski definition) is 3. The van der Waals surface area contributed by atoms with Crippen molar-refractivity contribution in [2.24, 2.45) is 5.92 Å². The van der Waals surface area contributed by atoms with E-state index >= 15 is 0 Å². The Morgan fingerprint density at radius 3 is 2.70 bits per heavy atom. The van der Waals surface area contributed by atoms with Crippen LogP contribution >= 0.6 is 11.3 Å². The fraction of sp³-hybridized carbons (Fsp3) is 0.429. The number of rotatable bonds is 2. The monoisotopic (exact) mass is 292 g/mol. The van der Waals surface area contributed by atoms with Crippen LogP contribution in [0.5, 0.6) is 0 Å². The van der Waals surface area contributed by atoms with Crippen molar-refractivity contribution in [3.8, 4) is 0 Å². The van der Waals surface area contributed by atoms with E-state index in [2.05, 4.69) is 0 Å². The first kappa shape index (κ1) is 13.2. The topological polar surface area (TPSA) is 62.5 Å². The Hall–Kier alpha value is -1.82. The lowest BCUT2D eigenvalue weighted by molar-refractivity contribution is 0.122. The molecule has 1 N–H and O–H groups in total. The number of aromatic nitrogens is 1.